The highest BCUT2D eigenvalue weighted by Gasteiger charge is 2.19. The van der Waals surface area contributed by atoms with Gasteiger partial charge in [-0.25, -0.2) is 38.4 Å². The minimum absolute atomic E-state index is 0.0144. The maximum Gasteiger partial charge on any atom is 0.407 e. The maximum absolute atomic E-state index is 12.2. The second kappa shape index (κ2) is 37.8. The first-order valence-corrected chi connectivity index (χ1v) is 26.9. The van der Waals surface area contributed by atoms with E-state index in [1.165, 1.54) is 27.7 Å². The third-order valence-electron chi connectivity index (χ3n) is 11.0. The number of benzene rings is 4. The van der Waals surface area contributed by atoms with Gasteiger partial charge >= 0.3 is 48.3 Å². The number of hydrogen-bond acceptors (Lipinski definition) is 20. The summed E-state index contributed by atoms with van der Waals surface area (Å²) in [7, 11) is 0. The highest BCUT2D eigenvalue weighted by molar-refractivity contribution is 6.04. The fourth-order valence-electron chi connectivity index (χ4n) is 6.84. The van der Waals surface area contributed by atoms with Crippen LogP contribution >= 0.6 is 0 Å². The second-order valence-corrected chi connectivity index (χ2v) is 18.2. The van der Waals surface area contributed by atoms with E-state index in [0.29, 0.717) is 23.0 Å². The van der Waals surface area contributed by atoms with Crippen LogP contribution in [0.5, 0.6) is 23.0 Å². The average Bonchev–Trinajstić information content (AvgIpc) is 1.89. The molecule has 4 N–H and O–H groups in total. The molecule has 4 aromatic carbocycles. The van der Waals surface area contributed by atoms with Gasteiger partial charge in [0.15, 0.2) is 0 Å². The maximum atomic E-state index is 12.2. The molecule has 0 aromatic heterocycles. The van der Waals surface area contributed by atoms with Gasteiger partial charge in [0.1, 0.15) is 102 Å². The van der Waals surface area contributed by atoms with E-state index >= 15 is 0 Å². The molecule has 0 bridgehead atoms. The van der Waals surface area contributed by atoms with E-state index in [4.69, 9.17) is 56.8 Å². The van der Waals surface area contributed by atoms with Crippen molar-refractivity contribution in [2.75, 3.05) is 105 Å². The first kappa shape index (κ1) is 68.2. The predicted octanol–water partition coefficient (Wildman–Crippen LogP) is 7.59. The van der Waals surface area contributed by atoms with Crippen molar-refractivity contribution < 1.29 is 95.2 Å². The number of rotatable bonds is 36. The quantitative estimate of drug-likeness (QED) is 0.0112. The van der Waals surface area contributed by atoms with Crippen LogP contribution < -0.4 is 40.2 Å². The molecule has 0 unspecified atom stereocenters. The van der Waals surface area contributed by atoms with Crippen LogP contribution in [0.25, 0.3) is 11.1 Å². The highest BCUT2D eigenvalue weighted by Crippen LogP contribution is 2.39. The van der Waals surface area contributed by atoms with Gasteiger partial charge in [-0.05, 0) is 110 Å². The van der Waals surface area contributed by atoms with E-state index in [1.54, 1.807) is 48.5 Å². The monoisotopic (exact) mass is 1190 g/mol. The van der Waals surface area contributed by atoms with E-state index in [1.807, 2.05) is 48.5 Å². The number of alkyl carbamates (subject to hydrolysis) is 4. The Morgan fingerprint density at radius 3 is 0.640 bits per heavy atom. The molecule has 0 aliphatic rings. The van der Waals surface area contributed by atoms with Gasteiger partial charge in [-0.3, -0.25) is 0 Å². The van der Waals surface area contributed by atoms with Crippen molar-refractivity contribution in [2.45, 2.75) is 27.7 Å². The number of hydrogen-bond donors (Lipinski definition) is 4. The van der Waals surface area contributed by atoms with Crippen LogP contribution in [0.2, 0.25) is 0 Å². The molecule has 0 saturated carbocycles. The molecule has 0 radical (unpaired) electrons. The lowest BCUT2D eigenvalue weighted by molar-refractivity contribution is -0.139. The molecule has 4 rings (SSSR count). The Kier molecular flexibility index (Phi) is 30.0. The molecule has 0 fully saturated rings. The molecule has 0 saturated heterocycles. The van der Waals surface area contributed by atoms with Crippen molar-refractivity contribution in [1.29, 1.82) is 0 Å². The topological polar surface area (TPSA) is 295 Å². The summed E-state index contributed by atoms with van der Waals surface area (Å²) in [5, 5.41) is 9.98. The second-order valence-electron chi connectivity index (χ2n) is 18.2. The van der Waals surface area contributed by atoms with Crippen LogP contribution in [0.4, 0.5) is 19.2 Å². The first-order valence-electron chi connectivity index (χ1n) is 26.9. The first-order chi connectivity index (χ1) is 41.3. The zero-order valence-corrected chi connectivity index (χ0v) is 48.5. The molecule has 4 aromatic rings. The van der Waals surface area contributed by atoms with Crippen LogP contribution in [0.3, 0.4) is 0 Å². The number of ether oxygens (including phenoxy) is 12. The van der Waals surface area contributed by atoms with Crippen molar-refractivity contribution >= 4 is 59.4 Å². The fourth-order valence-corrected chi connectivity index (χ4v) is 6.84. The van der Waals surface area contributed by atoms with Gasteiger partial charge in [0.25, 0.3) is 0 Å². The summed E-state index contributed by atoms with van der Waals surface area (Å²) in [5.41, 5.74) is 5.41. The Balaban J connectivity index is 1.59. The Bertz CT molecular complexity index is 2590. The van der Waals surface area contributed by atoms with Gasteiger partial charge in [-0.2, -0.15) is 0 Å². The number of nitrogens with one attached hydrogen (secondary N) is 4. The third kappa shape index (κ3) is 26.3. The fraction of sp³-hybridized carbons (Fsp3) is 0.323. The molecule has 4 amide bonds. The predicted molar refractivity (Wildman–Crippen MR) is 313 cm³/mol. The molecule has 0 aliphatic carbocycles. The summed E-state index contributed by atoms with van der Waals surface area (Å²) in [5.74, 6) is -0.414. The van der Waals surface area contributed by atoms with Crippen molar-refractivity contribution in [3.05, 3.63) is 168 Å². The zero-order valence-electron chi connectivity index (χ0n) is 48.5. The molecular formula is C62H72N4O20. The van der Waals surface area contributed by atoms with Gasteiger partial charge < -0.3 is 78.1 Å². The average molecular weight is 1190 g/mol. The van der Waals surface area contributed by atoms with Crippen molar-refractivity contribution in [2.24, 2.45) is 0 Å². The number of carbonyl (C=O) groups is 8. The van der Waals surface area contributed by atoms with Crippen LogP contribution in [-0.4, -0.2) is 154 Å². The zero-order chi connectivity index (χ0) is 62.6. The third-order valence-corrected chi connectivity index (χ3v) is 11.0. The SMILES string of the molecule is C=C(C)C(=O)OCCNC(=O)OCCOc1ccc(C(=C(c2ccc(OCCOC(=O)NCCOC(=O)C(=C)C)cc2)c2ccc(OCCOC(=O)NCCOC(=O)C(=C)C)cc2)c2ccc(OCCOC(=O)NCCOC(=O)C(=C)C)cc2)cc1. The Labute approximate surface area is 498 Å². The van der Waals surface area contributed by atoms with Crippen LogP contribution in [0.1, 0.15) is 49.9 Å². The van der Waals surface area contributed by atoms with E-state index in [9.17, 15) is 38.4 Å². The van der Waals surface area contributed by atoms with Crippen molar-refractivity contribution in [1.82, 2.24) is 21.3 Å². The number of esters is 4. The summed E-state index contributed by atoms with van der Waals surface area (Å²) in [6.45, 7) is 19.7. The van der Waals surface area contributed by atoms with E-state index in [2.05, 4.69) is 47.6 Å². The van der Waals surface area contributed by atoms with Crippen LogP contribution in [-0.2, 0) is 57.1 Å². The van der Waals surface area contributed by atoms with Crippen molar-refractivity contribution in [3.63, 3.8) is 0 Å². The van der Waals surface area contributed by atoms with Crippen molar-refractivity contribution in [3.8, 4) is 23.0 Å². The number of amides is 4. The van der Waals surface area contributed by atoms with Gasteiger partial charge in [0, 0.05) is 22.3 Å². The van der Waals surface area contributed by atoms with Gasteiger partial charge in [0.05, 0.1) is 26.2 Å². The molecule has 0 aliphatic heterocycles. The smallest absolute Gasteiger partial charge is 0.407 e. The Morgan fingerprint density at radius 1 is 0.279 bits per heavy atom. The minimum atomic E-state index is -0.722. The van der Waals surface area contributed by atoms with Gasteiger partial charge in [0.2, 0.25) is 0 Å². The molecule has 24 nitrogen and oxygen atoms in total. The summed E-state index contributed by atoms with van der Waals surface area (Å²) >= 11 is 0. The minimum Gasteiger partial charge on any atom is -0.490 e. The summed E-state index contributed by atoms with van der Waals surface area (Å²) < 4.78 is 64.5. The van der Waals surface area contributed by atoms with E-state index in [-0.39, 0.29) is 128 Å². The molecule has 0 atom stereocenters. The van der Waals surface area contributed by atoms with Crippen LogP contribution in [0.15, 0.2) is 146 Å². The van der Waals surface area contributed by atoms with E-state index < -0.39 is 48.3 Å². The molecular weight excluding hydrogens is 1120 g/mol. The summed E-state index contributed by atoms with van der Waals surface area (Å²) in [4.78, 5) is 95.3. The molecule has 0 spiro atoms. The lowest BCUT2D eigenvalue weighted by Gasteiger charge is -2.19. The largest absolute Gasteiger partial charge is 0.490 e. The number of carbonyl (C=O) groups excluding carboxylic acids is 8. The lowest BCUT2D eigenvalue weighted by Crippen LogP contribution is -2.29. The Hall–Kier alpha value is -10.3. The molecule has 86 heavy (non-hydrogen) atoms. The molecule has 24 heteroatoms. The summed E-state index contributed by atoms with van der Waals surface area (Å²) in [6, 6.07) is 29.1. The molecule has 460 valence electrons. The highest BCUT2D eigenvalue weighted by atomic mass is 16.6. The normalized spacial score (nSPS) is 10.2. The lowest BCUT2D eigenvalue weighted by atomic mass is 9.85. The van der Waals surface area contributed by atoms with Gasteiger partial charge in [-0.1, -0.05) is 74.8 Å². The van der Waals surface area contributed by atoms with E-state index in [0.717, 1.165) is 33.4 Å². The Morgan fingerprint density at radius 2 is 0.465 bits per heavy atom. The summed E-state index contributed by atoms with van der Waals surface area (Å²) in [6.07, 6.45) is -2.89. The van der Waals surface area contributed by atoms with Crippen LogP contribution in [0, 0.1) is 0 Å². The van der Waals surface area contributed by atoms with Gasteiger partial charge in [-0.15, -0.1) is 0 Å². The standard InChI is InChI=1S/C62H72N4O20/c1-41(2)55(67)79-29-25-63-59(71)83-37-33-75-49-17-9-45(10-18-49)53(46-11-19-50(20-12-46)76-34-38-84-60(72)64-26-30-80-56(68)42(3)4)54(47-13-21-51(22-14-47)77-35-39-85-61(73)65-27-31-81-57(69)43(5)6)48-15-23-52(24-16-48)78-36-40-86-62(74)66-28-32-82-58(70)44(7)8/h9-24H,1,3,5,7,25-40H2,2,4,6,8H3,(H,63,71)(H,64,72)(H,65,73)(H,66,74). The molecule has 0 heterocycles.